The lowest BCUT2D eigenvalue weighted by Crippen LogP contribution is -2.17. The van der Waals surface area contributed by atoms with Crippen molar-refractivity contribution >= 4 is 37.2 Å². The summed E-state index contributed by atoms with van der Waals surface area (Å²) < 4.78 is 7.46. The number of fused-ring (bicyclic) bond motifs is 3. The molecule has 0 fully saturated rings. The molecule has 1 aromatic heterocycles. The number of benzene rings is 3. The van der Waals surface area contributed by atoms with E-state index in [1.165, 1.54) is 0 Å². The topological polar surface area (TPSA) is 102 Å². The largest absolute Gasteiger partial charge is 0.497 e. The first-order valence-corrected chi connectivity index (χ1v) is 16.4. The molecule has 5 rings (SSSR count). The molecule has 0 unspecified atom stereocenters. The number of aliphatic imine (C=N–C) groups is 1. The average Bonchev–Trinajstić information content (AvgIpc) is 3.21. The number of aryl methyl sites for hydroxylation is 1. The van der Waals surface area contributed by atoms with Gasteiger partial charge in [0, 0.05) is 21.8 Å². The van der Waals surface area contributed by atoms with E-state index < -0.39 is 14.4 Å². The van der Waals surface area contributed by atoms with Gasteiger partial charge in [0.1, 0.15) is 17.6 Å². The number of methoxy groups -OCH3 is 1. The van der Waals surface area contributed by atoms with E-state index in [4.69, 9.17) is 26.1 Å². The smallest absolute Gasteiger partial charge is 0.227 e. The van der Waals surface area contributed by atoms with E-state index in [-0.39, 0.29) is 12.3 Å². The number of nitrogens with zero attached hydrogens (tertiary/aromatic N) is 4. The first-order valence-electron chi connectivity index (χ1n) is 12.5. The summed E-state index contributed by atoms with van der Waals surface area (Å²) in [6.45, 7) is 7.53. The lowest BCUT2D eigenvalue weighted by Gasteiger charge is -2.14. The molecule has 39 heavy (non-hydrogen) atoms. The number of hydrogen-bond donors (Lipinski definition) is 2. The highest BCUT2D eigenvalue weighted by Crippen LogP contribution is 2.34. The monoisotopic (exact) mass is 561 g/mol. The fourth-order valence-corrected chi connectivity index (χ4v) is 4.21. The Morgan fingerprint density at radius 1 is 1.05 bits per heavy atom. The second kappa shape index (κ2) is 11.9. The number of nitrogens with one attached hydrogen (secondary N) is 1. The number of hydrogen-bond acceptors (Lipinski definition) is 6. The fourth-order valence-electron chi connectivity index (χ4n) is 4.09. The number of rotatable bonds is 5. The third kappa shape index (κ3) is 7.20. The quantitative estimate of drug-likeness (QED) is 0.292. The first-order chi connectivity index (χ1) is 18.5. The molecule has 0 bridgehead atoms. The van der Waals surface area contributed by atoms with Crippen molar-refractivity contribution < 1.29 is 14.3 Å². The van der Waals surface area contributed by atoms with Crippen molar-refractivity contribution in [1.82, 2.24) is 14.8 Å². The van der Waals surface area contributed by atoms with Gasteiger partial charge in [0.25, 0.3) is 0 Å². The van der Waals surface area contributed by atoms with E-state index in [2.05, 4.69) is 15.5 Å². The van der Waals surface area contributed by atoms with Gasteiger partial charge in [0.05, 0.1) is 24.9 Å². The standard InChI is InChI=1S/C26H22ClN5O2.C3H10OSi/c1-16-30-31-26-22(15-24(33)28-19-6-4-3-5-7-19)29-25(17-8-10-18(27)11-9-17)21-14-20(34-2)12-13-23(21)32(16)26;1-5(2,3)4/h3-14,22H,15H2,1-2H3,(H,28,33);4H,1-3H3/t22-;/m0./s1. The zero-order valence-corrected chi connectivity index (χ0v) is 24.4. The van der Waals surface area contributed by atoms with Crippen LogP contribution in [0.2, 0.25) is 24.7 Å². The summed E-state index contributed by atoms with van der Waals surface area (Å²) in [5.74, 6) is 1.86. The molecule has 0 saturated heterocycles. The van der Waals surface area contributed by atoms with Crippen LogP contribution in [-0.4, -0.2) is 46.6 Å². The molecule has 2 N–H and O–H groups in total. The van der Waals surface area contributed by atoms with Gasteiger partial charge in [0.2, 0.25) is 5.91 Å². The minimum atomic E-state index is -1.61. The molecule has 8 nitrogen and oxygen atoms in total. The Morgan fingerprint density at radius 3 is 2.36 bits per heavy atom. The van der Waals surface area contributed by atoms with Crippen LogP contribution in [-0.2, 0) is 4.79 Å². The Hall–Kier alpha value is -3.79. The summed E-state index contributed by atoms with van der Waals surface area (Å²) >= 11 is 6.15. The predicted molar refractivity (Wildman–Crippen MR) is 158 cm³/mol. The first kappa shape index (κ1) is 28.2. The predicted octanol–water partition coefficient (Wildman–Crippen LogP) is 5.97. The molecule has 0 radical (unpaired) electrons. The summed E-state index contributed by atoms with van der Waals surface area (Å²) in [4.78, 5) is 26.7. The molecule has 10 heteroatoms. The second-order valence-electron chi connectivity index (χ2n) is 10.1. The average molecular weight is 562 g/mol. The van der Waals surface area contributed by atoms with E-state index in [1.807, 2.05) is 104 Å². The molecular formula is C29H32ClN5O3Si. The maximum Gasteiger partial charge on any atom is 0.227 e. The summed E-state index contributed by atoms with van der Waals surface area (Å²) in [7, 11) is 0.0176. The summed E-state index contributed by atoms with van der Waals surface area (Å²) in [5, 5.41) is 12.3. The number of para-hydroxylation sites is 1. The van der Waals surface area contributed by atoms with Crippen LogP contribution in [0.1, 0.15) is 35.2 Å². The van der Waals surface area contributed by atoms with Crippen LogP contribution in [0.15, 0.2) is 77.8 Å². The Kier molecular flexibility index (Phi) is 8.64. The molecule has 1 amide bonds. The third-order valence-electron chi connectivity index (χ3n) is 5.69. The van der Waals surface area contributed by atoms with E-state index in [0.717, 1.165) is 28.2 Å². The van der Waals surface area contributed by atoms with Crippen molar-refractivity contribution in [3.8, 4) is 11.4 Å². The Labute approximate surface area is 234 Å². The molecule has 202 valence electrons. The maximum atomic E-state index is 13.0. The lowest BCUT2D eigenvalue weighted by molar-refractivity contribution is -0.116. The van der Waals surface area contributed by atoms with Gasteiger partial charge >= 0.3 is 0 Å². The molecule has 3 aromatic carbocycles. The van der Waals surface area contributed by atoms with Gasteiger partial charge in [-0.2, -0.15) is 0 Å². The number of carbonyl (C=O) groups excluding carboxylic acids is 1. The van der Waals surface area contributed by atoms with Crippen LogP contribution in [0, 0.1) is 6.92 Å². The Balaban J connectivity index is 0.000000648. The van der Waals surface area contributed by atoms with Gasteiger partial charge in [-0.05, 0) is 69.0 Å². The van der Waals surface area contributed by atoms with E-state index >= 15 is 0 Å². The zero-order chi connectivity index (χ0) is 28.2. The maximum absolute atomic E-state index is 13.0. The van der Waals surface area contributed by atoms with Crippen LogP contribution in [0.3, 0.4) is 0 Å². The molecule has 1 aliphatic heterocycles. The molecule has 0 spiro atoms. The molecule has 1 atom stereocenters. The van der Waals surface area contributed by atoms with Gasteiger partial charge in [-0.1, -0.05) is 41.9 Å². The SMILES string of the molecule is COc1ccc2c(c1)C(c1ccc(Cl)cc1)=N[C@@H](CC(=O)Nc1ccccc1)c1nnc(C)n1-2.C[Si](C)(C)O. The third-order valence-corrected chi connectivity index (χ3v) is 5.94. The Bertz CT molecular complexity index is 1480. The van der Waals surface area contributed by atoms with Gasteiger partial charge in [-0.25, -0.2) is 0 Å². The van der Waals surface area contributed by atoms with Crippen LogP contribution in [0.25, 0.3) is 5.69 Å². The van der Waals surface area contributed by atoms with Crippen molar-refractivity contribution in [1.29, 1.82) is 0 Å². The number of anilines is 1. The van der Waals surface area contributed by atoms with Crippen LogP contribution in [0.5, 0.6) is 5.75 Å². The molecule has 2 heterocycles. The number of halogens is 1. The lowest BCUT2D eigenvalue weighted by atomic mass is 10.00. The van der Waals surface area contributed by atoms with E-state index in [0.29, 0.717) is 22.4 Å². The van der Waals surface area contributed by atoms with Crippen molar-refractivity contribution in [2.24, 2.45) is 4.99 Å². The highest BCUT2D eigenvalue weighted by molar-refractivity contribution is 6.68. The second-order valence-corrected chi connectivity index (χ2v) is 14.9. The highest BCUT2D eigenvalue weighted by Gasteiger charge is 2.30. The van der Waals surface area contributed by atoms with Crippen molar-refractivity contribution in [3.63, 3.8) is 0 Å². The number of amides is 1. The summed E-state index contributed by atoms with van der Waals surface area (Å²) in [6, 6.07) is 22.1. The van der Waals surface area contributed by atoms with Crippen molar-refractivity contribution in [2.45, 2.75) is 39.0 Å². The van der Waals surface area contributed by atoms with E-state index in [1.54, 1.807) is 7.11 Å². The molecule has 4 aromatic rings. The van der Waals surface area contributed by atoms with Gasteiger partial charge in [-0.15, -0.1) is 10.2 Å². The minimum absolute atomic E-state index is 0.106. The summed E-state index contributed by atoms with van der Waals surface area (Å²) in [6.07, 6.45) is 0.106. The van der Waals surface area contributed by atoms with Crippen LogP contribution >= 0.6 is 11.6 Å². The molecular weight excluding hydrogens is 530 g/mol. The highest BCUT2D eigenvalue weighted by atomic mass is 35.5. The number of ether oxygens (including phenoxy) is 1. The Morgan fingerprint density at radius 2 is 1.72 bits per heavy atom. The van der Waals surface area contributed by atoms with Crippen molar-refractivity contribution in [3.05, 3.63) is 101 Å². The van der Waals surface area contributed by atoms with E-state index in [9.17, 15) is 4.79 Å². The van der Waals surface area contributed by atoms with Crippen LogP contribution in [0.4, 0.5) is 5.69 Å². The normalized spacial score (nSPS) is 14.1. The fraction of sp³-hybridized carbons (Fsp3) is 0.241. The van der Waals surface area contributed by atoms with Gasteiger partial charge in [0.15, 0.2) is 14.1 Å². The number of carbonyl (C=O) groups is 1. The number of aromatic nitrogens is 3. The molecule has 1 aliphatic rings. The zero-order valence-electron chi connectivity index (χ0n) is 22.6. The van der Waals surface area contributed by atoms with Gasteiger partial charge in [-0.3, -0.25) is 14.4 Å². The molecule has 0 aliphatic carbocycles. The van der Waals surface area contributed by atoms with Crippen molar-refractivity contribution in [2.75, 3.05) is 12.4 Å². The summed E-state index contributed by atoms with van der Waals surface area (Å²) in [5.41, 5.74) is 4.07. The van der Waals surface area contributed by atoms with Gasteiger partial charge < -0.3 is 14.8 Å². The van der Waals surface area contributed by atoms with Crippen LogP contribution < -0.4 is 10.1 Å². The molecule has 0 saturated carbocycles. The minimum Gasteiger partial charge on any atom is -0.497 e.